The smallest absolute Gasteiger partial charge is 0.368 e. The van der Waals surface area contributed by atoms with E-state index < -0.39 is 17.6 Å². The third-order valence-corrected chi connectivity index (χ3v) is 6.38. The monoisotopic (exact) mass is 487 g/mol. The number of hydrogen-bond acceptors (Lipinski definition) is 5. The van der Waals surface area contributed by atoms with E-state index in [1.54, 1.807) is 17.9 Å². The van der Waals surface area contributed by atoms with Gasteiger partial charge in [0.05, 0.1) is 17.2 Å². The van der Waals surface area contributed by atoms with Crippen LogP contribution in [0.4, 0.5) is 23.4 Å². The predicted molar refractivity (Wildman–Crippen MR) is 123 cm³/mol. The average Bonchev–Trinajstić information content (AvgIpc) is 2.84. The molecule has 0 radical (unpaired) electrons. The van der Waals surface area contributed by atoms with Crippen LogP contribution in [-0.4, -0.2) is 44.9 Å². The number of hydrogen-bond donors (Lipinski definition) is 1. The van der Waals surface area contributed by atoms with Crippen molar-refractivity contribution in [2.75, 3.05) is 18.4 Å². The van der Waals surface area contributed by atoms with Crippen molar-refractivity contribution >= 4 is 11.7 Å². The second kappa shape index (κ2) is 9.97. The highest BCUT2D eigenvalue weighted by Crippen LogP contribution is 2.32. The number of likely N-dealkylation sites (tertiary alicyclic amines) is 1. The van der Waals surface area contributed by atoms with Gasteiger partial charge >= 0.3 is 6.18 Å². The van der Waals surface area contributed by atoms with Crippen LogP contribution in [0.2, 0.25) is 0 Å². The molecule has 0 saturated carbocycles. The molecule has 1 aliphatic rings. The zero-order valence-electron chi connectivity index (χ0n) is 19.3. The number of piperidine rings is 1. The van der Waals surface area contributed by atoms with Gasteiger partial charge < -0.3 is 10.2 Å². The van der Waals surface area contributed by atoms with Gasteiger partial charge in [-0.3, -0.25) is 4.79 Å². The van der Waals surface area contributed by atoms with E-state index in [1.807, 2.05) is 6.92 Å². The van der Waals surface area contributed by atoms with Crippen molar-refractivity contribution in [1.82, 2.24) is 19.9 Å². The molecule has 3 aromatic rings. The first-order valence-electron chi connectivity index (χ1n) is 11.3. The molecule has 2 aromatic heterocycles. The Labute approximate surface area is 200 Å². The molecule has 0 aliphatic carbocycles. The van der Waals surface area contributed by atoms with E-state index in [0.29, 0.717) is 30.0 Å². The molecular formula is C25H25F4N5O. The normalized spacial score (nSPS) is 18.4. The summed E-state index contributed by atoms with van der Waals surface area (Å²) in [5, 5.41) is 3.07. The Morgan fingerprint density at radius 3 is 2.54 bits per heavy atom. The zero-order valence-corrected chi connectivity index (χ0v) is 19.3. The summed E-state index contributed by atoms with van der Waals surface area (Å²) in [6.45, 7) is 4.43. The third-order valence-electron chi connectivity index (χ3n) is 6.38. The van der Waals surface area contributed by atoms with Gasteiger partial charge in [0, 0.05) is 37.2 Å². The molecule has 6 nitrogen and oxygen atoms in total. The lowest BCUT2D eigenvalue weighted by atomic mass is 9.89. The lowest BCUT2D eigenvalue weighted by Gasteiger charge is -2.40. The van der Waals surface area contributed by atoms with E-state index in [9.17, 15) is 22.4 Å². The van der Waals surface area contributed by atoms with Crippen LogP contribution in [0.5, 0.6) is 0 Å². The van der Waals surface area contributed by atoms with Crippen LogP contribution in [0.1, 0.15) is 41.3 Å². The Bertz CT molecular complexity index is 1180. The number of nitrogens with zero attached hydrogens (tertiary/aromatic N) is 4. The van der Waals surface area contributed by atoms with Crippen molar-refractivity contribution in [3.05, 3.63) is 71.4 Å². The Morgan fingerprint density at radius 2 is 1.89 bits per heavy atom. The SMILES string of the molecule is Cc1c(F)ccc(C(=O)N2CCC[C@@H](C)[C@H]2CNc2ccc(C(F)(F)F)cn2)c1-c1ncccn1. The van der Waals surface area contributed by atoms with Crippen LogP contribution in [0.15, 0.2) is 48.9 Å². The first-order chi connectivity index (χ1) is 16.7. The minimum atomic E-state index is -4.46. The molecule has 0 spiro atoms. The van der Waals surface area contributed by atoms with Gasteiger partial charge in [0.15, 0.2) is 5.82 Å². The Kier molecular flexibility index (Phi) is 7.00. The van der Waals surface area contributed by atoms with Gasteiger partial charge in [-0.15, -0.1) is 0 Å². The molecule has 184 valence electrons. The summed E-state index contributed by atoms with van der Waals surface area (Å²) in [4.78, 5) is 27.8. The topological polar surface area (TPSA) is 71.0 Å². The van der Waals surface area contributed by atoms with Crippen molar-refractivity contribution in [1.29, 1.82) is 0 Å². The molecule has 2 atom stereocenters. The minimum absolute atomic E-state index is 0.132. The molecule has 1 aliphatic heterocycles. The molecule has 1 N–H and O–H groups in total. The molecule has 35 heavy (non-hydrogen) atoms. The molecule has 1 amide bonds. The summed E-state index contributed by atoms with van der Waals surface area (Å²) in [6, 6.07) is 6.37. The molecule has 1 aromatic carbocycles. The largest absolute Gasteiger partial charge is 0.417 e. The number of nitrogens with one attached hydrogen (secondary N) is 1. The van der Waals surface area contributed by atoms with Gasteiger partial charge in [-0.05, 0) is 61.6 Å². The molecule has 10 heteroatoms. The summed E-state index contributed by atoms with van der Waals surface area (Å²) in [7, 11) is 0. The standard InChI is InChI=1S/C25H25F4N5O/c1-15-5-3-12-34(20(15)14-33-21-9-6-17(13-32-21)25(27,28)29)24(35)18-7-8-19(26)16(2)22(18)23-30-10-4-11-31-23/h4,6-11,13,15,20H,3,5,12,14H2,1-2H3,(H,32,33)/t15-,20-/m1/s1. The van der Waals surface area contributed by atoms with Crippen LogP contribution in [0, 0.1) is 18.7 Å². The van der Waals surface area contributed by atoms with Crippen LogP contribution < -0.4 is 5.32 Å². The number of halogens is 4. The summed E-state index contributed by atoms with van der Waals surface area (Å²) in [5.74, 6) is -0.0368. The second-order valence-corrected chi connectivity index (χ2v) is 8.66. The highest BCUT2D eigenvalue weighted by Gasteiger charge is 2.34. The number of anilines is 1. The maximum Gasteiger partial charge on any atom is 0.417 e. The van der Waals surface area contributed by atoms with E-state index in [-0.39, 0.29) is 29.3 Å². The van der Waals surface area contributed by atoms with Crippen molar-refractivity contribution in [3.63, 3.8) is 0 Å². The van der Waals surface area contributed by atoms with Crippen LogP contribution >= 0.6 is 0 Å². The van der Waals surface area contributed by atoms with Crippen LogP contribution in [-0.2, 0) is 6.18 Å². The first-order valence-corrected chi connectivity index (χ1v) is 11.3. The van der Waals surface area contributed by atoms with Gasteiger partial charge in [-0.2, -0.15) is 13.2 Å². The zero-order chi connectivity index (χ0) is 25.2. The predicted octanol–water partition coefficient (Wildman–Crippen LogP) is 5.36. The van der Waals surface area contributed by atoms with Gasteiger partial charge in [0.1, 0.15) is 11.6 Å². The summed E-state index contributed by atoms with van der Waals surface area (Å²) in [6.07, 6.45) is 1.09. The number of carbonyl (C=O) groups excluding carboxylic acids is 1. The molecule has 1 saturated heterocycles. The highest BCUT2D eigenvalue weighted by molar-refractivity contribution is 6.01. The highest BCUT2D eigenvalue weighted by atomic mass is 19.4. The number of carbonyl (C=O) groups is 1. The van der Waals surface area contributed by atoms with Crippen molar-refractivity contribution in [2.24, 2.45) is 5.92 Å². The third kappa shape index (κ3) is 5.26. The van der Waals surface area contributed by atoms with Crippen LogP contribution in [0.25, 0.3) is 11.4 Å². The Balaban J connectivity index is 1.60. The molecule has 1 fully saturated rings. The first kappa shape index (κ1) is 24.6. The maximum atomic E-state index is 14.4. The molecule has 4 rings (SSSR count). The minimum Gasteiger partial charge on any atom is -0.368 e. The number of rotatable bonds is 5. The lowest BCUT2D eigenvalue weighted by Crippen LogP contribution is -2.51. The quantitative estimate of drug-likeness (QED) is 0.491. The maximum absolute atomic E-state index is 14.4. The number of amides is 1. The van der Waals surface area contributed by atoms with Crippen molar-refractivity contribution in [3.8, 4) is 11.4 Å². The lowest BCUT2D eigenvalue weighted by molar-refractivity contribution is -0.137. The van der Waals surface area contributed by atoms with Gasteiger partial charge in [-0.25, -0.2) is 19.3 Å². The molecule has 3 heterocycles. The van der Waals surface area contributed by atoms with E-state index in [0.717, 1.165) is 25.1 Å². The van der Waals surface area contributed by atoms with E-state index in [1.165, 1.54) is 30.6 Å². The number of benzene rings is 1. The molecule has 0 unspecified atom stereocenters. The van der Waals surface area contributed by atoms with E-state index >= 15 is 0 Å². The van der Waals surface area contributed by atoms with Gasteiger partial charge in [-0.1, -0.05) is 6.92 Å². The Morgan fingerprint density at radius 1 is 1.14 bits per heavy atom. The van der Waals surface area contributed by atoms with E-state index in [2.05, 4.69) is 20.3 Å². The second-order valence-electron chi connectivity index (χ2n) is 8.66. The van der Waals surface area contributed by atoms with E-state index in [4.69, 9.17) is 0 Å². The fraction of sp³-hybridized carbons (Fsp3) is 0.360. The number of aromatic nitrogens is 3. The van der Waals surface area contributed by atoms with Crippen molar-refractivity contribution in [2.45, 2.75) is 38.9 Å². The fourth-order valence-electron chi connectivity index (χ4n) is 4.42. The van der Waals surface area contributed by atoms with Crippen molar-refractivity contribution < 1.29 is 22.4 Å². The van der Waals surface area contributed by atoms with Gasteiger partial charge in [0.2, 0.25) is 0 Å². The summed E-state index contributed by atoms with van der Waals surface area (Å²) < 4.78 is 52.9. The summed E-state index contributed by atoms with van der Waals surface area (Å²) in [5.41, 5.74) is 0.121. The summed E-state index contributed by atoms with van der Waals surface area (Å²) >= 11 is 0. The fourth-order valence-corrected chi connectivity index (χ4v) is 4.42. The van der Waals surface area contributed by atoms with Gasteiger partial charge in [0.25, 0.3) is 5.91 Å². The number of pyridine rings is 1. The average molecular weight is 488 g/mol. The number of alkyl halides is 3. The Hall–Kier alpha value is -3.56. The molecule has 0 bridgehead atoms. The molecular weight excluding hydrogens is 462 g/mol. The van der Waals surface area contributed by atoms with Crippen LogP contribution in [0.3, 0.4) is 0 Å².